The van der Waals surface area contributed by atoms with Gasteiger partial charge < -0.3 is 9.88 Å². The van der Waals surface area contributed by atoms with E-state index in [4.69, 9.17) is 5.10 Å². The van der Waals surface area contributed by atoms with Crippen LogP contribution in [0.5, 0.6) is 0 Å². The molecular weight excluding hydrogens is 422 g/mol. The second-order valence-corrected chi connectivity index (χ2v) is 9.30. The molecule has 0 bridgehead atoms. The zero-order valence-electron chi connectivity index (χ0n) is 18.5. The van der Waals surface area contributed by atoms with Gasteiger partial charge in [0.15, 0.2) is 11.0 Å². The first kappa shape index (κ1) is 21.8. The molecule has 3 aromatic heterocycles. The molecule has 0 aliphatic heterocycles. The molecule has 1 amide bonds. The molecule has 32 heavy (non-hydrogen) atoms. The van der Waals surface area contributed by atoms with Crippen LogP contribution in [-0.4, -0.2) is 41.2 Å². The fourth-order valence-electron chi connectivity index (χ4n) is 3.10. The van der Waals surface area contributed by atoms with Gasteiger partial charge in [-0.1, -0.05) is 50.7 Å². The average Bonchev–Trinajstić information content (AvgIpc) is 3.37. The van der Waals surface area contributed by atoms with Crippen LogP contribution in [0, 0.1) is 0 Å². The normalized spacial score (nSPS) is 11.5. The number of rotatable bonds is 6. The first-order valence-corrected chi connectivity index (χ1v) is 11.2. The maximum atomic E-state index is 12.8. The highest BCUT2D eigenvalue weighted by Gasteiger charge is 2.22. The van der Waals surface area contributed by atoms with E-state index in [-0.39, 0.29) is 17.1 Å². The summed E-state index contributed by atoms with van der Waals surface area (Å²) in [5, 5.41) is 16.9. The smallest absolute Gasteiger partial charge is 0.236 e. The molecule has 3 heterocycles. The van der Waals surface area contributed by atoms with Gasteiger partial charge in [-0.2, -0.15) is 5.10 Å². The van der Waals surface area contributed by atoms with Gasteiger partial charge in [0.05, 0.1) is 17.1 Å². The van der Waals surface area contributed by atoms with E-state index in [9.17, 15) is 4.79 Å². The number of hydrogen-bond donors (Lipinski definition) is 1. The first-order valence-electron chi connectivity index (χ1n) is 10.2. The summed E-state index contributed by atoms with van der Waals surface area (Å²) in [6.45, 7) is 6.29. The minimum absolute atomic E-state index is 0.140. The third kappa shape index (κ3) is 4.72. The minimum atomic E-state index is -0.143. The Morgan fingerprint density at radius 1 is 1.09 bits per heavy atom. The van der Waals surface area contributed by atoms with Crippen molar-refractivity contribution in [1.82, 2.24) is 29.5 Å². The molecule has 4 aromatic rings. The number of amides is 1. The number of thioether (sulfide) groups is 1. The molecule has 0 saturated heterocycles. The van der Waals surface area contributed by atoms with Gasteiger partial charge in [0.25, 0.3) is 0 Å². The molecule has 4 rings (SSSR count). The van der Waals surface area contributed by atoms with Crippen LogP contribution in [0.3, 0.4) is 0 Å². The second-order valence-electron chi connectivity index (χ2n) is 8.36. The largest absolute Gasteiger partial charge is 0.310 e. The van der Waals surface area contributed by atoms with E-state index in [1.807, 2.05) is 60.1 Å². The Labute approximate surface area is 191 Å². The summed E-state index contributed by atoms with van der Waals surface area (Å²) >= 11 is 1.33. The maximum absolute atomic E-state index is 12.8. The molecule has 0 fully saturated rings. The Hall–Kier alpha value is -3.46. The molecule has 0 radical (unpaired) electrons. The SMILES string of the molecule is Cn1c(SCC(=O)Nc2cc(C(C)(C)C)nn2-c2ccccc2)nnc1-c1cccnc1. The fraction of sp³-hybridized carbons (Fsp3) is 0.261. The third-order valence-electron chi connectivity index (χ3n) is 4.83. The number of anilines is 1. The van der Waals surface area contributed by atoms with Gasteiger partial charge in [-0.3, -0.25) is 9.78 Å². The van der Waals surface area contributed by atoms with Gasteiger partial charge in [0.2, 0.25) is 5.91 Å². The summed E-state index contributed by atoms with van der Waals surface area (Å²) < 4.78 is 3.63. The van der Waals surface area contributed by atoms with Crippen LogP contribution in [0.25, 0.3) is 17.1 Å². The van der Waals surface area contributed by atoms with Gasteiger partial charge in [-0.05, 0) is 24.3 Å². The third-order valence-corrected chi connectivity index (χ3v) is 5.85. The van der Waals surface area contributed by atoms with Gasteiger partial charge >= 0.3 is 0 Å². The van der Waals surface area contributed by atoms with Crippen LogP contribution in [0.1, 0.15) is 26.5 Å². The Balaban J connectivity index is 1.49. The maximum Gasteiger partial charge on any atom is 0.236 e. The minimum Gasteiger partial charge on any atom is -0.310 e. The topological polar surface area (TPSA) is 90.5 Å². The predicted molar refractivity (Wildman–Crippen MR) is 126 cm³/mol. The lowest BCUT2D eigenvalue weighted by Gasteiger charge is -2.14. The summed E-state index contributed by atoms with van der Waals surface area (Å²) in [7, 11) is 1.88. The van der Waals surface area contributed by atoms with Crippen LogP contribution in [-0.2, 0) is 17.3 Å². The van der Waals surface area contributed by atoms with Crippen molar-refractivity contribution >= 4 is 23.5 Å². The second kappa shape index (κ2) is 8.96. The van der Waals surface area contributed by atoms with E-state index < -0.39 is 0 Å². The summed E-state index contributed by atoms with van der Waals surface area (Å²) in [6.07, 6.45) is 3.45. The molecule has 8 nitrogen and oxygen atoms in total. The van der Waals surface area contributed by atoms with Crippen LogP contribution in [0.15, 0.2) is 66.1 Å². The molecule has 0 spiro atoms. The molecule has 0 saturated carbocycles. The van der Waals surface area contributed by atoms with Crippen molar-refractivity contribution in [2.24, 2.45) is 7.05 Å². The molecular formula is C23H25N7OS. The number of para-hydroxylation sites is 1. The van der Waals surface area contributed by atoms with Gasteiger partial charge in [-0.25, -0.2) is 4.68 Å². The number of nitrogens with zero attached hydrogens (tertiary/aromatic N) is 6. The fourth-order valence-corrected chi connectivity index (χ4v) is 3.81. The lowest BCUT2D eigenvalue weighted by molar-refractivity contribution is -0.113. The van der Waals surface area contributed by atoms with Gasteiger partial charge in [0.1, 0.15) is 5.82 Å². The van der Waals surface area contributed by atoms with E-state index in [0.29, 0.717) is 16.8 Å². The number of benzene rings is 1. The number of carbonyl (C=O) groups excluding carboxylic acids is 1. The monoisotopic (exact) mass is 447 g/mol. The van der Waals surface area contributed by atoms with E-state index in [1.54, 1.807) is 17.1 Å². The summed E-state index contributed by atoms with van der Waals surface area (Å²) in [6, 6.07) is 15.5. The zero-order chi connectivity index (χ0) is 22.7. The van der Waals surface area contributed by atoms with Crippen molar-refractivity contribution in [2.75, 3.05) is 11.1 Å². The first-order chi connectivity index (χ1) is 15.3. The highest BCUT2D eigenvalue weighted by molar-refractivity contribution is 7.99. The van der Waals surface area contributed by atoms with Crippen LogP contribution in [0.2, 0.25) is 0 Å². The van der Waals surface area contributed by atoms with Crippen molar-refractivity contribution in [3.8, 4) is 17.1 Å². The van der Waals surface area contributed by atoms with Crippen molar-refractivity contribution in [3.05, 3.63) is 66.6 Å². The van der Waals surface area contributed by atoms with Crippen molar-refractivity contribution < 1.29 is 4.79 Å². The van der Waals surface area contributed by atoms with E-state index in [2.05, 4.69) is 41.3 Å². The van der Waals surface area contributed by atoms with Crippen LogP contribution in [0.4, 0.5) is 5.82 Å². The molecule has 1 N–H and O–H groups in total. The number of nitrogens with one attached hydrogen (secondary N) is 1. The molecule has 1 aromatic carbocycles. The standard InChI is InChI=1S/C23H25N7OS/c1-23(2,3)18-13-19(30(28-18)17-10-6-5-7-11-17)25-20(31)15-32-22-27-26-21(29(22)4)16-9-8-12-24-14-16/h5-14H,15H2,1-4H3,(H,25,31). The lowest BCUT2D eigenvalue weighted by atomic mass is 9.92. The van der Waals surface area contributed by atoms with E-state index in [1.165, 1.54) is 11.8 Å². The molecule has 0 aliphatic carbocycles. The van der Waals surface area contributed by atoms with Crippen molar-refractivity contribution in [1.29, 1.82) is 0 Å². The van der Waals surface area contributed by atoms with E-state index in [0.717, 1.165) is 16.9 Å². The van der Waals surface area contributed by atoms with Crippen LogP contribution < -0.4 is 5.32 Å². The van der Waals surface area contributed by atoms with Crippen LogP contribution >= 0.6 is 11.8 Å². The molecule has 9 heteroatoms. The molecule has 0 aliphatic rings. The molecule has 0 atom stereocenters. The highest BCUT2D eigenvalue weighted by Crippen LogP contribution is 2.27. The number of carbonyl (C=O) groups is 1. The summed E-state index contributed by atoms with van der Waals surface area (Å²) in [4.78, 5) is 16.9. The van der Waals surface area contributed by atoms with Crippen molar-refractivity contribution in [3.63, 3.8) is 0 Å². The number of hydrogen-bond acceptors (Lipinski definition) is 6. The average molecular weight is 448 g/mol. The molecule has 0 unspecified atom stereocenters. The Bertz CT molecular complexity index is 1210. The zero-order valence-corrected chi connectivity index (χ0v) is 19.3. The predicted octanol–water partition coefficient (Wildman–Crippen LogP) is 4.09. The molecule has 164 valence electrons. The van der Waals surface area contributed by atoms with E-state index >= 15 is 0 Å². The Morgan fingerprint density at radius 3 is 2.56 bits per heavy atom. The Morgan fingerprint density at radius 2 is 1.88 bits per heavy atom. The Kier molecular flexibility index (Phi) is 6.09. The number of aromatic nitrogens is 6. The highest BCUT2D eigenvalue weighted by atomic mass is 32.2. The van der Waals surface area contributed by atoms with Gasteiger partial charge in [0, 0.05) is 36.5 Å². The lowest BCUT2D eigenvalue weighted by Crippen LogP contribution is -2.17. The quantitative estimate of drug-likeness (QED) is 0.448. The summed E-state index contributed by atoms with van der Waals surface area (Å²) in [5.41, 5.74) is 2.52. The van der Waals surface area contributed by atoms with Crippen molar-refractivity contribution in [2.45, 2.75) is 31.3 Å². The van der Waals surface area contributed by atoms with Gasteiger partial charge in [-0.15, -0.1) is 10.2 Å². The number of pyridine rings is 1. The summed E-state index contributed by atoms with van der Waals surface area (Å²) in [5.74, 6) is 1.40.